The number of anilines is 1. The van der Waals surface area contributed by atoms with Crippen molar-refractivity contribution in [3.05, 3.63) is 29.8 Å². The van der Waals surface area contributed by atoms with Crippen LogP contribution in [0, 0.1) is 5.92 Å². The van der Waals surface area contributed by atoms with Gasteiger partial charge in [0.25, 0.3) is 11.9 Å². The predicted molar refractivity (Wildman–Crippen MR) is 98.5 cm³/mol. The molecular formula is C16H22N6O2S. The summed E-state index contributed by atoms with van der Waals surface area (Å²) in [5.74, 6) is 0.915. The molecule has 1 aromatic carbocycles. The van der Waals surface area contributed by atoms with E-state index >= 15 is 0 Å². The first-order valence-electron chi connectivity index (χ1n) is 8.00. The van der Waals surface area contributed by atoms with Gasteiger partial charge < -0.3 is 4.74 Å². The van der Waals surface area contributed by atoms with Crippen molar-refractivity contribution in [1.82, 2.24) is 25.5 Å². The zero-order chi connectivity index (χ0) is 18.4. The Morgan fingerprint density at radius 1 is 1.32 bits per heavy atom. The van der Waals surface area contributed by atoms with E-state index in [4.69, 9.17) is 17.0 Å². The summed E-state index contributed by atoms with van der Waals surface area (Å²) < 4.78 is 5.58. The minimum atomic E-state index is -0.346. The Morgan fingerprint density at radius 2 is 2.08 bits per heavy atom. The van der Waals surface area contributed by atoms with Gasteiger partial charge in [0, 0.05) is 5.56 Å². The molecule has 0 fully saturated rings. The van der Waals surface area contributed by atoms with Crippen LogP contribution in [0.25, 0.3) is 0 Å². The van der Waals surface area contributed by atoms with Crippen molar-refractivity contribution in [3.63, 3.8) is 0 Å². The summed E-state index contributed by atoms with van der Waals surface area (Å²) in [6.07, 6.45) is 0.0283. The summed E-state index contributed by atoms with van der Waals surface area (Å²) in [4.78, 5) is 13.8. The van der Waals surface area contributed by atoms with E-state index < -0.39 is 0 Å². The first-order valence-corrected chi connectivity index (χ1v) is 8.41. The van der Waals surface area contributed by atoms with Crippen LogP contribution in [0.5, 0.6) is 5.75 Å². The molecule has 0 saturated carbocycles. The van der Waals surface area contributed by atoms with Crippen molar-refractivity contribution in [2.75, 3.05) is 5.32 Å². The number of ether oxygens (including phenoxy) is 1. The fourth-order valence-corrected chi connectivity index (χ4v) is 2.17. The minimum absolute atomic E-state index is 0.0283. The number of nitrogens with zero attached hydrogens (tertiary/aromatic N) is 4. The maximum absolute atomic E-state index is 12.3. The third kappa shape index (κ3) is 6.11. The molecule has 1 heterocycles. The summed E-state index contributed by atoms with van der Waals surface area (Å²) in [5.41, 5.74) is 0.443. The number of nitrogens with one attached hydrogen (secondary N) is 2. The number of rotatable bonds is 6. The number of benzene rings is 1. The Hall–Kier alpha value is -2.55. The van der Waals surface area contributed by atoms with E-state index in [9.17, 15) is 4.79 Å². The summed E-state index contributed by atoms with van der Waals surface area (Å²) >= 11 is 5.12. The van der Waals surface area contributed by atoms with Gasteiger partial charge in [0.05, 0.1) is 12.6 Å². The standard InChI is InChI=1S/C16H22N6O2S/c1-10(2)9-22-20-15(19-21-22)18-16(25)17-14(23)12-6-5-7-13(8-12)24-11(3)4/h5-8,10-11H,9H2,1-4H3,(H2,17,18,20,23,25). The van der Waals surface area contributed by atoms with Crippen LogP contribution in [-0.2, 0) is 6.54 Å². The highest BCUT2D eigenvalue weighted by molar-refractivity contribution is 7.80. The lowest BCUT2D eigenvalue weighted by molar-refractivity contribution is 0.0977. The second kappa shape index (κ2) is 8.52. The van der Waals surface area contributed by atoms with Gasteiger partial charge in [-0.15, -0.1) is 5.10 Å². The molecule has 134 valence electrons. The summed E-state index contributed by atoms with van der Waals surface area (Å²) in [7, 11) is 0. The van der Waals surface area contributed by atoms with Crippen LogP contribution in [0.15, 0.2) is 24.3 Å². The molecule has 9 heteroatoms. The monoisotopic (exact) mass is 362 g/mol. The second-order valence-corrected chi connectivity index (χ2v) is 6.57. The SMILES string of the molecule is CC(C)Cn1nnc(NC(=S)NC(=O)c2cccc(OC(C)C)c2)n1. The molecule has 1 amide bonds. The topological polar surface area (TPSA) is 94.0 Å². The molecule has 0 radical (unpaired) electrons. The van der Waals surface area contributed by atoms with Crippen LogP contribution in [0.1, 0.15) is 38.1 Å². The average molecular weight is 362 g/mol. The van der Waals surface area contributed by atoms with E-state index in [1.165, 1.54) is 4.80 Å². The number of tetrazole rings is 1. The fraction of sp³-hybridized carbons (Fsp3) is 0.438. The van der Waals surface area contributed by atoms with E-state index in [2.05, 4.69) is 39.9 Å². The molecule has 1 aromatic heterocycles. The van der Waals surface area contributed by atoms with E-state index in [0.717, 1.165) is 0 Å². The number of thiocarbonyl (C=S) groups is 1. The van der Waals surface area contributed by atoms with Gasteiger partial charge in [-0.3, -0.25) is 15.4 Å². The van der Waals surface area contributed by atoms with Crippen LogP contribution >= 0.6 is 12.2 Å². The van der Waals surface area contributed by atoms with Crippen molar-refractivity contribution < 1.29 is 9.53 Å². The Labute approximate surface area is 151 Å². The molecule has 0 aliphatic rings. The van der Waals surface area contributed by atoms with E-state index in [1.54, 1.807) is 24.3 Å². The van der Waals surface area contributed by atoms with Gasteiger partial charge in [0.15, 0.2) is 5.11 Å². The first kappa shape index (κ1) is 18.8. The van der Waals surface area contributed by atoms with Crippen molar-refractivity contribution in [2.45, 2.75) is 40.3 Å². The van der Waals surface area contributed by atoms with Gasteiger partial charge in [0.2, 0.25) is 0 Å². The number of carbonyl (C=O) groups excluding carboxylic acids is 1. The lowest BCUT2D eigenvalue weighted by atomic mass is 10.2. The highest BCUT2D eigenvalue weighted by atomic mass is 32.1. The van der Waals surface area contributed by atoms with Crippen molar-refractivity contribution in [3.8, 4) is 5.75 Å². The zero-order valence-corrected chi connectivity index (χ0v) is 15.5. The van der Waals surface area contributed by atoms with Crippen LogP contribution in [0.4, 0.5) is 5.95 Å². The molecule has 0 aliphatic heterocycles. The average Bonchev–Trinajstić information content (AvgIpc) is 2.92. The normalized spacial score (nSPS) is 10.8. The molecular weight excluding hydrogens is 340 g/mol. The molecule has 0 aliphatic carbocycles. The minimum Gasteiger partial charge on any atom is -0.491 e. The molecule has 0 bridgehead atoms. The maximum atomic E-state index is 12.3. The maximum Gasteiger partial charge on any atom is 0.269 e. The second-order valence-electron chi connectivity index (χ2n) is 6.16. The Balaban J connectivity index is 1.93. The summed E-state index contributed by atoms with van der Waals surface area (Å²) in [6.45, 7) is 8.60. The van der Waals surface area contributed by atoms with Gasteiger partial charge in [0.1, 0.15) is 5.75 Å². The summed E-state index contributed by atoms with van der Waals surface area (Å²) in [6, 6.07) is 6.89. The van der Waals surface area contributed by atoms with Crippen molar-refractivity contribution >= 4 is 29.2 Å². The molecule has 25 heavy (non-hydrogen) atoms. The third-order valence-corrected chi connectivity index (χ3v) is 3.11. The smallest absolute Gasteiger partial charge is 0.269 e. The molecule has 0 unspecified atom stereocenters. The van der Waals surface area contributed by atoms with Gasteiger partial charge >= 0.3 is 0 Å². The number of carbonyl (C=O) groups is 1. The lowest BCUT2D eigenvalue weighted by Gasteiger charge is -2.11. The van der Waals surface area contributed by atoms with Gasteiger partial charge in [-0.25, -0.2) is 0 Å². The first-order chi connectivity index (χ1) is 11.8. The van der Waals surface area contributed by atoms with E-state index in [0.29, 0.717) is 23.8 Å². The molecule has 0 spiro atoms. The largest absolute Gasteiger partial charge is 0.491 e. The number of amides is 1. The van der Waals surface area contributed by atoms with Crippen LogP contribution in [0.3, 0.4) is 0 Å². The zero-order valence-electron chi connectivity index (χ0n) is 14.7. The Kier molecular flexibility index (Phi) is 6.40. The Morgan fingerprint density at radius 3 is 2.76 bits per heavy atom. The third-order valence-electron chi connectivity index (χ3n) is 2.90. The van der Waals surface area contributed by atoms with Crippen LogP contribution in [-0.4, -0.2) is 37.3 Å². The molecule has 0 atom stereocenters. The van der Waals surface area contributed by atoms with Gasteiger partial charge in [-0.2, -0.15) is 4.80 Å². The van der Waals surface area contributed by atoms with E-state index in [-0.39, 0.29) is 23.1 Å². The highest BCUT2D eigenvalue weighted by Crippen LogP contribution is 2.14. The van der Waals surface area contributed by atoms with Crippen LogP contribution in [0.2, 0.25) is 0 Å². The molecule has 8 nitrogen and oxygen atoms in total. The lowest BCUT2D eigenvalue weighted by Crippen LogP contribution is -2.34. The highest BCUT2D eigenvalue weighted by Gasteiger charge is 2.11. The molecule has 2 rings (SSSR count). The van der Waals surface area contributed by atoms with Gasteiger partial charge in [-0.1, -0.05) is 25.0 Å². The fourth-order valence-electron chi connectivity index (χ4n) is 1.99. The van der Waals surface area contributed by atoms with E-state index in [1.807, 2.05) is 13.8 Å². The number of aromatic nitrogens is 4. The Bertz CT molecular complexity index is 744. The van der Waals surface area contributed by atoms with Crippen molar-refractivity contribution in [2.24, 2.45) is 5.92 Å². The van der Waals surface area contributed by atoms with Crippen LogP contribution < -0.4 is 15.4 Å². The molecule has 2 N–H and O–H groups in total. The molecule has 0 saturated heterocycles. The quantitative estimate of drug-likeness (QED) is 0.761. The number of hydrogen-bond acceptors (Lipinski definition) is 6. The van der Waals surface area contributed by atoms with Crippen molar-refractivity contribution in [1.29, 1.82) is 0 Å². The van der Waals surface area contributed by atoms with Gasteiger partial charge in [-0.05, 0) is 55.4 Å². The predicted octanol–water partition coefficient (Wildman–Crippen LogP) is 2.24. The number of hydrogen-bond donors (Lipinski definition) is 2. The summed E-state index contributed by atoms with van der Waals surface area (Å²) in [5, 5.41) is 17.3. The molecule has 2 aromatic rings.